The Hall–Kier alpha value is -3.36. The maximum absolute atomic E-state index is 12.6. The number of halogens is 2. The van der Waals surface area contributed by atoms with E-state index in [9.17, 15) is 9.59 Å². The van der Waals surface area contributed by atoms with Crippen molar-refractivity contribution in [2.45, 2.75) is 13.0 Å². The van der Waals surface area contributed by atoms with Crippen molar-refractivity contribution in [1.29, 1.82) is 0 Å². The van der Waals surface area contributed by atoms with Gasteiger partial charge in [-0.05, 0) is 49.4 Å². The molecule has 30 heavy (non-hydrogen) atoms. The molecule has 2 heterocycles. The molecule has 152 valence electrons. The standard InChI is InChI=1S/C20H16Cl2N6O2/c1-11(28-10-23-9-24-28)19(29)25-13-3-5-14(6-4-13)26-20(30)18-17(22)15-8-12(21)2-7-16(15)27-18/h2-11,27H,1H3,(H,25,29)(H,26,30). The van der Waals surface area contributed by atoms with Gasteiger partial charge in [-0.2, -0.15) is 5.10 Å². The summed E-state index contributed by atoms with van der Waals surface area (Å²) in [5.74, 6) is -0.621. The summed E-state index contributed by atoms with van der Waals surface area (Å²) in [4.78, 5) is 31.8. The number of aromatic amines is 1. The van der Waals surface area contributed by atoms with Crippen LogP contribution in [0.15, 0.2) is 55.1 Å². The topological polar surface area (TPSA) is 105 Å². The van der Waals surface area contributed by atoms with Crippen LogP contribution in [0.25, 0.3) is 10.9 Å². The van der Waals surface area contributed by atoms with Gasteiger partial charge < -0.3 is 15.6 Å². The summed E-state index contributed by atoms with van der Waals surface area (Å²) in [7, 11) is 0. The molecule has 1 atom stereocenters. The molecule has 2 amide bonds. The van der Waals surface area contributed by atoms with E-state index in [1.807, 2.05) is 0 Å². The molecule has 0 aliphatic heterocycles. The zero-order chi connectivity index (χ0) is 21.3. The largest absolute Gasteiger partial charge is 0.349 e. The number of hydrogen-bond donors (Lipinski definition) is 3. The Labute approximate surface area is 181 Å². The number of fused-ring (bicyclic) bond motifs is 1. The number of benzene rings is 2. The van der Waals surface area contributed by atoms with Gasteiger partial charge in [0, 0.05) is 27.3 Å². The van der Waals surface area contributed by atoms with Crippen LogP contribution in [0.2, 0.25) is 10.0 Å². The number of rotatable bonds is 5. The van der Waals surface area contributed by atoms with Crippen molar-refractivity contribution >= 4 is 57.3 Å². The van der Waals surface area contributed by atoms with E-state index < -0.39 is 6.04 Å². The highest BCUT2D eigenvalue weighted by Crippen LogP contribution is 2.30. The van der Waals surface area contributed by atoms with E-state index in [0.29, 0.717) is 32.3 Å². The van der Waals surface area contributed by atoms with Crippen molar-refractivity contribution in [3.05, 3.63) is 70.9 Å². The number of H-pyrrole nitrogens is 1. The molecule has 0 saturated carbocycles. The van der Waals surface area contributed by atoms with Gasteiger partial charge in [-0.15, -0.1) is 0 Å². The molecule has 0 saturated heterocycles. The average molecular weight is 443 g/mol. The number of anilines is 2. The third-order valence-electron chi connectivity index (χ3n) is 4.55. The lowest BCUT2D eigenvalue weighted by molar-refractivity contribution is -0.119. The summed E-state index contributed by atoms with van der Waals surface area (Å²) in [6.07, 6.45) is 2.85. The highest BCUT2D eigenvalue weighted by Gasteiger charge is 2.18. The number of nitrogens with zero attached hydrogens (tertiary/aromatic N) is 3. The fourth-order valence-electron chi connectivity index (χ4n) is 2.90. The SMILES string of the molecule is CC(C(=O)Nc1ccc(NC(=O)c2[nH]c3ccc(Cl)cc3c2Cl)cc1)n1cncn1. The molecule has 4 aromatic rings. The summed E-state index contributed by atoms with van der Waals surface area (Å²) < 4.78 is 1.46. The molecule has 8 nitrogen and oxygen atoms in total. The predicted molar refractivity (Wildman–Crippen MR) is 116 cm³/mol. The molecule has 2 aromatic carbocycles. The molecule has 1 unspecified atom stereocenters. The predicted octanol–water partition coefficient (Wildman–Crippen LogP) is 4.52. The number of hydrogen-bond acceptors (Lipinski definition) is 4. The fraction of sp³-hybridized carbons (Fsp3) is 0.100. The maximum atomic E-state index is 12.6. The second-order valence-electron chi connectivity index (χ2n) is 6.58. The molecule has 2 aromatic heterocycles. The van der Waals surface area contributed by atoms with Gasteiger partial charge in [-0.3, -0.25) is 9.59 Å². The number of amides is 2. The molecule has 0 bridgehead atoms. The molecule has 0 fully saturated rings. The second kappa shape index (κ2) is 8.17. The zero-order valence-corrected chi connectivity index (χ0v) is 17.2. The first-order valence-corrected chi connectivity index (χ1v) is 9.71. The van der Waals surface area contributed by atoms with Crippen LogP contribution < -0.4 is 10.6 Å². The Morgan fingerprint density at radius 3 is 2.43 bits per heavy atom. The lowest BCUT2D eigenvalue weighted by Gasteiger charge is -2.12. The third kappa shape index (κ3) is 4.00. The molecular weight excluding hydrogens is 427 g/mol. The molecule has 10 heteroatoms. The highest BCUT2D eigenvalue weighted by atomic mass is 35.5. The Balaban J connectivity index is 1.44. The molecule has 0 spiro atoms. The van der Waals surface area contributed by atoms with Gasteiger partial charge in [-0.25, -0.2) is 9.67 Å². The van der Waals surface area contributed by atoms with Crippen molar-refractivity contribution in [3.8, 4) is 0 Å². The monoisotopic (exact) mass is 442 g/mol. The Bertz CT molecular complexity index is 1220. The van der Waals surface area contributed by atoms with Crippen LogP contribution in [0, 0.1) is 0 Å². The third-order valence-corrected chi connectivity index (χ3v) is 5.18. The minimum absolute atomic E-state index is 0.235. The van der Waals surface area contributed by atoms with Crippen LogP contribution in [0.4, 0.5) is 11.4 Å². The minimum atomic E-state index is -0.510. The van der Waals surface area contributed by atoms with E-state index in [0.717, 1.165) is 0 Å². The van der Waals surface area contributed by atoms with Crippen LogP contribution in [0.5, 0.6) is 0 Å². The first kappa shape index (κ1) is 19.9. The van der Waals surface area contributed by atoms with E-state index in [4.69, 9.17) is 23.2 Å². The van der Waals surface area contributed by atoms with E-state index in [2.05, 4.69) is 25.7 Å². The minimum Gasteiger partial charge on any atom is -0.349 e. The van der Waals surface area contributed by atoms with Gasteiger partial charge in [0.1, 0.15) is 24.4 Å². The fourth-order valence-corrected chi connectivity index (χ4v) is 3.36. The van der Waals surface area contributed by atoms with E-state index in [-0.39, 0.29) is 17.5 Å². The lowest BCUT2D eigenvalue weighted by atomic mass is 10.2. The van der Waals surface area contributed by atoms with E-state index in [1.165, 1.54) is 17.3 Å². The molecular formula is C20H16Cl2N6O2. The molecule has 0 aliphatic rings. The van der Waals surface area contributed by atoms with Gasteiger partial charge in [0.2, 0.25) is 5.91 Å². The number of carbonyl (C=O) groups excluding carboxylic acids is 2. The zero-order valence-electron chi connectivity index (χ0n) is 15.7. The first-order chi connectivity index (χ1) is 14.4. The Morgan fingerprint density at radius 2 is 1.77 bits per heavy atom. The Kier molecular flexibility index (Phi) is 5.43. The summed E-state index contributed by atoms with van der Waals surface area (Å²) in [6, 6.07) is 11.4. The van der Waals surface area contributed by atoms with Crippen molar-refractivity contribution in [2.24, 2.45) is 0 Å². The van der Waals surface area contributed by atoms with Gasteiger partial charge in [0.25, 0.3) is 5.91 Å². The normalized spacial score (nSPS) is 12.0. The average Bonchev–Trinajstić information content (AvgIpc) is 3.38. The van der Waals surface area contributed by atoms with Gasteiger partial charge in [-0.1, -0.05) is 23.2 Å². The number of carbonyl (C=O) groups is 2. The van der Waals surface area contributed by atoms with Crippen LogP contribution >= 0.6 is 23.2 Å². The first-order valence-electron chi connectivity index (χ1n) is 8.95. The van der Waals surface area contributed by atoms with Gasteiger partial charge in [0.05, 0.1) is 5.02 Å². The van der Waals surface area contributed by atoms with Crippen molar-refractivity contribution < 1.29 is 9.59 Å². The lowest BCUT2D eigenvalue weighted by Crippen LogP contribution is -2.24. The summed E-state index contributed by atoms with van der Waals surface area (Å²) in [5.41, 5.74) is 2.10. The molecule has 0 radical (unpaired) electrons. The van der Waals surface area contributed by atoms with Crippen LogP contribution in [0.3, 0.4) is 0 Å². The van der Waals surface area contributed by atoms with Crippen LogP contribution in [-0.4, -0.2) is 31.6 Å². The van der Waals surface area contributed by atoms with Crippen molar-refractivity contribution in [3.63, 3.8) is 0 Å². The number of nitrogens with one attached hydrogen (secondary N) is 3. The smallest absolute Gasteiger partial charge is 0.273 e. The van der Waals surface area contributed by atoms with Crippen LogP contribution in [-0.2, 0) is 4.79 Å². The molecule has 4 rings (SSSR count). The van der Waals surface area contributed by atoms with E-state index in [1.54, 1.807) is 49.4 Å². The van der Waals surface area contributed by atoms with Gasteiger partial charge in [0.15, 0.2) is 0 Å². The number of aromatic nitrogens is 4. The van der Waals surface area contributed by atoms with Crippen molar-refractivity contribution in [2.75, 3.05) is 10.6 Å². The maximum Gasteiger partial charge on any atom is 0.273 e. The van der Waals surface area contributed by atoms with Gasteiger partial charge >= 0.3 is 0 Å². The van der Waals surface area contributed by atoms with Crippen molar-refractivity contribution in [1.82, 2.24) is 19.7 Å². The van der Waals surface area contributed by atoms with E-state index >= 15 is 0 Å². The highest BCUT2D eigenvalue weighted by molar-refractivity contribution is 6.40. The molecule has 3 N–H and O–H groups in total. The Morgan fingerprint density at radius 1 is 1.07 bits per heavy atom. The second-order valence-corrected chi connectivity index (χ2v) is 7.39. The summed E-state index contributed by atoms with van der Waals surface area (Å²) in [6.45, 7) is 1.72. The molecule has 0 aliphatic carbocycles. The summed E-state index contributed by atoms with van der Waals surface area (Å²) in [5, 5.41) is 11.0. The quantitative estimate of drug-likeness (QED) is 0.422. The summed E-state index contributed by atoms with van der Waals surface area (Å²) >= 11 is 12.3. The van der Waals surface area contributed by atoms with Crippen LogP contribution in [0.1, 0.15) is 23.5 Å².